The zero-order chi connectivity index (χ0) is 19.6. The lowest BCUT2D eigenvalue weighted by Crippen LogP contribution is -2.45. The van der Waals surface area contributed by atoms with E-state index in [1.165, 1.54) is 21.6 Å². The van der Waals surface area contributed by atoms with Gasteiger partial charge in [0.2, 0.25) is 5.91 Å². The third-order valence-corrected chi connectivity index (χ3v) is 6.59. The van der Waals surface area contributed by atoms with E-state index in [1.54, 1.807) is 0 Å². The van der Waals surface area contributed by atoms with Gasteiger partial charge in [0.15, 0.2) is 0 Å². The lowest BCUT2D eigenvalue weighted by atomic mass is 9.85. The van der Waals surface area contributed by atoms with Gasteiger partial charge in [-0.25, -0.2) is 0 Å². The average molecular weight is 385 g/mol. The second-order valence-corrected chi connectivity index (χ2v) is 9.60. The van der Waals surface area contributed by atoms with Crippen LogP contribution in [0, 0.1) is 0 Å². The monoisotopic (exact) mass is 384 g/mol. The molecule has 0 saturated carbocycles. The van der Waals surface area contributed by atoms with Gasteiger partial charge in [0.05, 0.1) is 12.6 Å². The average Bonchev–Trinajstić information content (AvgIpc) is 3.13. The molecule has 1 aliphatic heterocycles. The standard InChI is InChI=1S/C23H32N2OS/c1-6-16(2)24-15-21(26)25-13-11-20-19(12-14-27-20)22(25)17-7-9-18(10-8-17)23(3,4)5/h7-10,12,14,16,22,24H,6,11,13,15H2,1-5H3. The van der Waals surface area contributed by atoms with Crippen molar-refractivity contribution < 1.29 is 4.79 Å². The number of hydrogen-bond acceptors (Lipinski definition) is 3. The molecule has 2 unspecified atom stereocenters. The Morgan fingerprint density at radius 2 is 1.96 bits per heavy atom. The first-order valence-electron chi connectivity index (χ1n) is 10.0. The highest BCUT2D eigenvalue weighted by Crippen LogP contribution is 2.38. The van der Waals surface area contributed by atoms with Gasteiger partial charge in [-0.2, -0.15) is 0 Å². The highest BCUT2D eigenvalue weighted by molar-refractivity contribution is 7.10. The van der Waals surface area contributed by atoms with Crippen LogP contribution in [0.2, 0.25) is 0 Å². The molecule has 1 aliphatic rings. The number of hydrogen-bond donors (Lipinski definition) is 1. The SMILES string of the molecule is CCC(C)NCC(=O)N1CCc2sccc2C1c1ccc(C(C)(C)C)cc1. The number of fused-ring (bicyclic) bond motifs is 1. The summed E-state index contributed by atoms with van der Waals surface area (Å²) in [5.74, 6) is 0.192. The van der Waals surface area contributed by atoms with E-state index in [0.717, 1.165) is 19.4 Å². The van der Waals surface area contributed by atoms with Gasteiger partial charge in [-0.05, 0) is 53.3 Å². The van der Waals surface area contributed by atoms with Gasteiger partial charge < -0.3 is 10.2 Å². The van der Waals surface area contributed by atoms with Crippen molar-refractivity contribution in [1.82, 2.24) is 10.2 Å². The van der Waals surface area contributed by atoms with Gasteiger partial charge in [0.25, 0.3) is 0 Å². The highest BCUT2D eigenvalue weighted by atomic mass is 32.1. The molecule has 3 rings (SSSR count). The summed E-state index contributed by atoms with van der Waals surface area (Å²) in [6, 6.07) is 11.4. The van der Waals surface area contributed by atoms with Gasteiger partial charge in [-0.15, -0.1) is 11.3 Å². The number of carbonyl (C=O) groups excluding carboxylic acids is 1. The van der Waals surface area contributed by atoms with Crippen molar-refractivity contribution in [2.75, 3.05) is 13.1 Å². The molecule has 2 heterocycles. The molecule has 4 heteroatoms. The summed E-state index contributed by atoms with van der Waals surface area (Å²) in [5.41, 5.74) is 3.96. The Balaban J connectivity index is 1.89. The van der Waals surface area contributed by atoms with Crippen LogP contribution in [-0.2, 0) is 16.6 Å². The quantitative estimate of drug-likeness (QED) is 0.794. The minimum Gasteiger partial charge on any atom is -0.330 e. The van der Waals surface area contributed by atoms with Crippen molar-refractivity contribution >= 4 is 17.2 Å². The van der Waals surface area contributed by atoms with Crippen LogP contribution in [0.15, 0.2) is 35.7 Å². The lowest BCUT2D eigenvalue weighted by molar-refractivity contribution is -0.132. The van der Waals surface area contributed by atoms with Crippen LogP contribution in [0.1, 0.15) is 68.6 Å². The van der Waals surface area contributed by atoms with Gasteiger partial charge in [0.1, 0.15) is 0 Å². The molecule has 0 bridgehead atoms. The first kappa shape index (κ1) is 20.1. The summed E-state index contributed by atoms with van der Waals surface area (Å²) in [6.45, 7) is 12.2. The number of nitrogens with one attached hydrogen (secondary N) is 1. The molecule has 2 aromatic rings. The maximum absolute atomic E-state index is 13.0. The van der Waals surface area contributed by atoms with E-state index >= 15 is 0 Å². The van der Waals surface area contributed by atoms with Crippen LogP contribution >= 0.6 is 11.3 Å². The highest BCUT2D eigenvalue weighted by Gasteiger charge is 2.32. The van der Waals surface area contributed by atoms with Gasteiger partial charge in [-0.3, -0.25) is 4.79 Å². The van der Waals surface area contributed by atoms with E-state index in [0.29, 0.717) is 12.6 Å². The summed E-state index contributed by atoms with van der Waals surface area (Å²) in [7, 11) is 0. The molecule has 0 aliphatic carbocycles. The zero-order valence-corrected chi connectivity index (χ0v) is 18.0. The molecule has 0 spiro atoms. The van der Waals surface area contributed by atoms with E-state index in [2.05, 4.69) is 80.5 Å². The Hall–Kier alpha value is -1.65. The topological polar surface area (TPSA) is 32.3 Å². The summed E-state index contributed by atoms with van der Waals surface area (Å²) < 4.78 is 0. The van der Waals surface area contributed by atoms with Crippen LogP contribution in [0.3, 0.4) is 0 Å². The Morgan fingerprint density at radius 3 is 2.59 bits per heavy atom. The molecule has 27 heavy (non-hydrogen) atoms. The number of carbonyl (C=O) groups is 1. The molecule has 1 aromatic heterocycles. The van der Waals surface area contributed by atoms with Crippen LogP contribution < -0.4 is 5.32 Å². The number of amides is 1. The Labute approximate surface area is 167 Å². The van der Waals surface area contributed by atoms with E-state index < -0.39 is 0 Å². The van der Waals surface area contributed by atoms with Gasteiger partial charge in [-0.1, -0.05) is 52.0 Å². The molecule has 1 N–H and O–H groups in total. The third-order valence-electron chi connectivity index (χ3n) is 5.59. The molecular weight excluding hydrogens is 352 g/mol. The molecular formula is C23H32N2OS. The van der Waals surface area contributed by atoms with Crippen molar-refractivity contribution in [2.45, 2.75) is 65.0 Å². The number of nitrogens with zero attached hydrogens (tertiary/aromatic N) is 1. The number of benzene rings is 1. The molecule has 0 radical (unpaired) electrons. The molecule has 0 fully saturated rings. The van der Waals surface area contributed by atoms with Gasteiger partial charge in [0, 0.05) is 17.5 Å². The van der Waals surface area contributed by atoms with Crippen molar-refractivity contribution in [1.29, 1.82) is 0 Å². The second kappa shape index (κ2) is 8.15. The van der Waals surface area contributed by atoms with Crippen LogP contribution in [-0.4, -0.2) is 29.9 Å². The molecule has 146 valence electrons. The molecule has 1 amide bonds. The summed E-state index contributed by atoms with van der Waals surface area (Å²) >= 11 is 1.81. The molecule has 3 nitrogen and oxygen atoms in total. The first-order valence-corrected chi connectivity index (χ1v) is 10.9. The summed E-state index contributed by atoms with van der Waals surface area (Å²) in [5, 5.41) is 5.52. The van der Waals surface area contributed by atoms with Crippen molar-refractivity contribution in [2.24, 2.45) is 0 Å². The Kier molecular flexibility index (Phi) is 6.07. The minimum absolute atomic E-state index is 0.0280. The fraction of sp³-hybridized carbons (Fsp3) is 0.522. The Bertz CT molecular complexity index is 772. The van der Waals surface area contributed by atoms with Crippen LogP contribution in [0.25, 0.3) is 0 Å². The third kappa shape index (κ3) is 4.44. The molecule has 1 aromatic carbocycles. The fourth-order valence-corrected chi connectivity index (χ4v) is 4.52. The van der Waals surface area contributed by atoms with E-state index in [9.17, 15) is 4.79 Å². The summed E-state index contributed by atoms with van der Waals surface area (Å²) in [4.78, 5) is 16.5. The normalized spacial score (nSPS) is 18.3. The maximum atomic E-state index is 13.0. The van der Waals surface area contributed by atoms with Crippen LogP contribution in [0.5, 0.6) is 0 Å². The number of thiophene rings is 1. The Morgan fingerprint density at radius 1 is 1.26 bits per heavy atom. The van der Waals surface area contributed by atoms with Crippen molar-refractivity contribution in [3.63, 3.8) is 0 Å². The van der Waals surface area contributed by atoms with E-state index in [4.69, 9.17) is 0 Å². The molecule has 2 atom stereocenters. The lowest BCUT2D eigenvalue weighted by Gasteiger charge is -2.37. The minimum atomic E-state index is 0.0280. The van der Waals surface area contributed by atoms with Gasteiger partial charge >= 0.3 is 0 Å². The predicted molar refractivity (Wildman–Crippen MR) is 114 cm³/mol. The van der Waals surface area contributed by atoms with Crippen LogP contribution in [0.4, 0.5) is 0 Å². The predicted octanol–water partition coefficient (Wildman–Crippen LogP) is 4.91. The second-order valence-electron chi connectivity index (χ2n) is 8.60. The first-order chi connectivity index (χ1) is 12.8. The largest absolute Gasteiger partial charge is 0.330 e. The molecule has 0 saturated heterocycles. The van der Waals surface area contributed by atoms with E-state index in [1.807, 2.05) is 11.3 Å². The van der Waals surface area contributed by atoms with Crippen molar-refractivity contribution in [3.8, 4) is 0 Å². The summed E-state index contributed by atoms with van der Waals surface area (Å²) in [6.07, 6.45) is 1.98. The van der Waals surface area contributed by atoms with Crippen molar-refractivity contribution in [3.05, 3.63) is 57.3 Å². The smallest absolute Gasteiger partial charge is 0.237 e. The fourth-order valence-electron chi connectivity index (χ4n) is 3.62. The zero-order valence-electron chi connectivity index (χ0n) is 17.2. The number of rotatable bonds is 5. The van der Waals surface area contributed by atoms with E-state index in [-0.39, 0.29) is 17.4 Å². The maximum Gasteiger partial charge on any atom is 0.237 e.